The number of nitrogens with zero attached hydrogens (tertiary/aromatic N) is 1. The predicted molar refractivity (Wildman–Crippen MR) is 46.8 cm³/mol. The summed E-state index contributed by atoms with van der Waals surface area (Å²) in [6, 6.07) is 1.50. The minimum atomic E-state index is -4.72. The first-order valence-corrected chi connectivity index (χ1v) is 4.16. The van der Waals surface area contributed by atoms with Gasteiger partial charge in [0.05, 0.1) is 5.02 Å². The Morgan fingerprint density at radius 2 is 2.00 bits per heavy atom. The summed E-state index contributed by atoms with van der Waals surface area (Å²) in [6.45, 7) is -4.72. The Bertz CT molecular complexity index is 295. The predicted octanol–water partition coefficient (Wildman–Crippen LogP) is 0.129. The first-order valence-electron chi connectivity index (χ1n) is 3.78. The smallest absolute Gasteiger partial charge is 0.449 e. The van der Waals surface area contributed by atoms with Gasteiger partial charge in [0.1, 0.15) is 0 Å². The molecule has 0 aliphatic heterocycles. The van der Waals surface area contributed by atoms with Crippen LogP contribution >= 0.6 is 11.6 Å². The molecule has 72 valence electrons. The Balaban J connectivity index is 0.00000169. The van der Waals surface area contributed by atoms with Crippen molar-refractivity contribution in [2.75, 3.05) is 0 Å². The summed E-state index contributed by atoms with van der Waals surface area (Å²) in [6.07, 6.45) is 1.93. The van der Waals surface area contributed by atoms with Crippen molar-refractivity contribution in [2.45, 2.75) is 12.7 Å². The Labute approximate surface area is 128 Å². The monoisotopic (exact) mass is 247 g/mol. The molecule has 1 aromatic heterocycles. The van der Waals surface area contributed by atoms with Crippen LogP contribution in [0.15, 0.2) is 18.5 Å². The minimum Gasteiger partial charge on any atom is -0.449 e. The van der Waals surface area contributed by atoms with E-state index in [0.29, 0.717) is 10.6 Å². The van der Waals surface area contributed by atoms with Gasteiger partial charge < -0.3 is 12.9 Å². The Morgan fingerprint density at radius 1 is 1.36 bits per heavy atom. The molecule has 0 N–H and O–H groups in total. The van der Waals surface area contributed by atoms with Gasteiger partial charge in [0, 0.05) is 12.4 Å². The summed E-state index contributed by atoms with van der Waals surface area (Å²) in [5.74, 6) is 0. The van der Waals surface area contributed by atoms with Crippen LogP contribution in [0.2, 0.25) is 11.3 Å². The van der Waals surface area contributed by atoms with Gasteiger partial charge in [-0.15, -0.1) is 0 Å². The maximum absolute atomic E-state index is 11.9. The SMILES string of the molecule is F[B-](F)(F)CCc1ccncc1Cl.[K+]. The van der Waals surface area contributed by atoms with Crippen LogP contribution in [0.4, 0.5) is 12.9 Å². The Kier molecular flexibility index (Phi) is 6.93. The average molecular weight is 247 g/mol. The fourth-order valence-electron chi connectivity index (χ4n) is 0.926. The number of rotatable bonds is 3. The molecule has 0 saturated heterocycles. The number of pyridine rings is 1. The van der Waals surface area contributed by atoms with Gasteiger partial charge in [0.25, 0.3) is 0 Å². The molecule has 0 atom stereocenters. The van der Waals surface area contributed by atoms with E-state index in [1.54, 1.807) is 0 Å². The zero-order valence-electron chi connectivity index (χ0n) is 7.68. The van der Waals surface area contributed by atoms with Crippen LogP contribution in [0.5, 0.6) is 0 Å². The largest absolute Gasteiger partial charge is 1.00 e. The van der Waals surface area contributed by atoms with Crippen LogP contribution < -0.4 is 51.4 Å². The maximum atomic E-state index is 11.9. The van der Waals surface area contributed by atoms with Crippen molar-refractivity contribution in [3.05, 3.63) is 29.0 Å². The average Bonchev–Trinajstić information content (AvgIpc) is 2.01. The van der Waals surface area contributed by atoms with Crippen molar-refractivity contribution in [2.24, 2.45) is 0 Å². The molecule has 0 amide bonds. The van der Waals surface area contributed by atoms with Crippen molar-refractivity contribution < 1.29 is 64.3 Å². The summed E-state index contributed by atoms with van der Waals surface area (Å²) < 4.78 is 35.6. The zero-order chi connectivity index (χ0) is 9.90. The number of hydrogen-bond donors (Lipinski definition) is 0. The fourth-order valence-corrected chi connectivity index (χ4v) is 1.14. The van der Waals surface area contributed by atoms with Gasteiger partial charge >= 0.3 is 58.4 Å². The Morgan fingerprint density at radius 3 is 2.50 bits per heavy atom. The van der Waals surface area contributed by atoms with Crippen molar-refractivity contribution >= 4 is 18.6 Å². The first kappa shape index (κ1) is 14.9. The number of halogens is 4. The molecule has 1 aromatic rings. The van der Waals surface area contributed by atoms with Crippen molar-refractivity contribution in [1.29, 1.82) is 0 Å². The van der Waals surface area contributed by atoms with Gasteiger partial charge in [0.15, 0.2) is 0 Å². The summed E-state index contributed by atoms with van der Waals surface area (Å²) in [5.41, 5.74) is 0.496. The molecule has 1 nitrogen and oxygen atoms in total. The molecular weight excluding hydrogens is 240 g/mol. The third kappa shape index (κ3) is 5.73. The zero-order valence-corrected chi connectivity index (χ0v) is 11.6. The number of aromatic nitrogens is 1. The third-order valence-electron chi connectivity index (χ3n) is 1.60. The second-order valence-corrected chi connectivity index (χ2v) is 3.12. The van der Waals surface area contributed by atoms with E-state index in [-0.39, 0.29) is 57.8 Å². The normalized spacial score (nSPS) is 10.9. The molecule has 0 spiro atoms. The van der Waals surface area contributed by atoms with Gasteiger partial charge in [-0.1, -0.05) is 24.3 Å². The number of aryl methyl sites for hydroxylation is 1. The van der Waals surface area contributed by atoms with Gasteiger partial charge in [-0.2, -0.15) is 0 Å². The van der Waals surface area contributed by atoms with Crippen molar-refractivity contribution in [3.8, 4) is 0 Å². The fraction of sp³-hybridized carbons (Fsp3) is 0.286. The molecule has 7 heteroatoms. The topological polar surface area (TPSA) is 12.9 Å². The van der Waals surface area contributed by atoms with E-state index in [0.717, 1.165) is 0 Å². The van der Waals surface area contributed by atoms with E-state index in [4.69, 9.17) is 11.6 Å². The molecule has 0 saturated carbocycles. The van der Waals surface area contributed by atoms with Gasteiger partial charge in [0.2, 0.25) is 0 Å². The van der Waals surface area contributed by atoms with Gasteiger partial charge in [-0.25, -0.2) is 0 Å². The first-order chi connectivity index (χ1) is 5.99. The van der Waals surface area contributed by atoms with E-state index >= 15 is 0 Å². The summed E-state index contributed by atoms with van der Waals surface area (Å²) >= 11 is 5.63. The molecule has 0 aliphatic rings. The quantitative estimate of drug-likeness (QED) is 0.692. The van der Waals surface area contributed by atoms with Crippen LogP contribution in [-0.4, -0.2) is 12.0 Å². The van der Waals surface area contributed by atoms with E-state index in [2.05, 4.69) is 4.98 Å². The van der Waals surface area contributed by atoms with Crippen LogP contribution in [0.25, 0.3) is 0 Å². The van der Waals surface area contributed by atoms with Crippen LogP contribution in [0.1, 0.15) is 5.56 Å². The molecule has 14 heavy (non-hydrogen) atoms. The number of hydrogen-bond acceptors (Lipinski definition) is 1. The molecule has 0 radical (unpaired) electrons. The molecule has 0 bridgehead atoms. The molecule has 0 aliphatic carbocycles. The molecule has 0 unspecified atom stereocenters. The second kappa shape index (κ2) is 6.50. The molecule has 1 heterocycles. The minimum absolute atomic E-state index is 0. The molecule has 1 rings (SSSR count). The molecule has 0 aromatic carbocycles. The third-order valence-corrected chi connectivity index (χ3v) is 1.94. The van der Waals surface area contributed by atoms with Gasteiger partial charge in [-0.3, -0.25) is 4.98 Å². The molecule has 0 fully saturated rings. The maximum Gasteiger partial charge on any atom is 1.00 e. The van der Waals surface area contributed by atoms with Crippen LogP contribution in [0.3, 0.4) is 0 Å². The van der Waals surface area contributed by atoms with Crippen molar-refractivity contribution in [3.63, 3.8) is 0 Å². The van der Waals surface area contributed by atoms with E-state index in [1.165, 1.54) is 18.5 Å². The molecular formula is C7H7BClF3KN. The Hall–Kier alpha value is 0.931. The van der Waals surface area contributed by atoms with Crippen LogP contribution in [-0.2, 0) is 6.42 Å². The summed E-state index contributed by atoms with van der Waals surface area (Å²) in [4.78, 5) is 3.68. The van der Waals surface area contributed by atoms with E-state index < -0.39 is 13.3 Å². The van der Waals surface area contributed by atoms with E-state index in [9.17, 15) is 12.9 Å². The summed E-state index contributed by atoms with van der Waals surface area (Å²) in [5, 5.41) is 0.294. The summed E-state index contributed by atoms with van der Waals surface area (Å²) in [7, 11) is 0. The standard InChI is InChI=1S/C7H7BClF3N.K/c9-7-5-13-4-2-6(7)1-3-8(10,11)12;/h2,4-5H,1,3H2;/q-1;+1. The van der Waals surface area contributed by atoms with Gasteiger partial charge in [-0.05, 0) is 11.6 Å². The van der Waals surface area contributed by atoms with Crippen molar-refractivity contribution in [1.82, 2.24) is 4.98 Å². The second-order valence-electron chi connectivity index (χ2n) is 2.72. The van der Waals surface area contributed by atoms with E-state index in [1.807, 2.05) is 0 Å². The van der Waals surface area contributed by atoms with Crippen LogP contribution in [0, 0.1) is 0 Å².